The molecule has 1 amide bonds. The fourth-order valence-corrected chi connectivity index (χ4v) is 1.99. The summed E-state index contributed by atoms with van der Waals surface area (Å²) in [7, 11) is 0. The normalized spacial score (nSPS) is 18.1. The van der Waals surface area contributed by atoms with E-state index in [-0.39, 0.29) is 18.3 Å². The Labute approximate surface area is 119 Å². The van der Waals surface area contributed by atoms with E-state index >= 15 is 0 Å². The van der Waals surface area contributed by atoms with E-state index < -0.39 is 0 Å². The fraction of sp³-hybridized carbons (Fsp3) is 0.667. The first-order valence-electron chi connectivity index (χ1n) is 6.43. The van der Waals surface area contributed by atoms with Crippen molar-refractivity contribution in [2.45, 2.75) is 25.8 Å². The van der Waals surface area contributed by atoms with Crippen LogP contribution in [0.25, 0.3) is 0 Å². The predicted octanol–water partition coefficient (Wildman–Crippen LogP) is 1.20. The summed E-state index contributed by atoms with van der Waals surface area (Å²) in [5.74, 6) is 0.557. The first-order chi connectivity index (χ1) is 8.79. The molecule has 0 aromatic carbocycles. The highest BCUT2D eigenvalue weighted by atomic mass is 35.5. The van der Waals surface area contributed by atoms with Gasteiger partial charge in [0, 0.05) is 25.4 Å². The summed E-state index contributed by atoms with van der Waals surface area (Å²) in [6.07, 6.45) is 3.36. The van der Waals surface area contributed by atoms with E-state index in [0.29, 0.717) is 31.5 Å². The molecule has 1 fully saturated rings. The number of nitrogens with zero attached hydrogens (tertiary/aromatic N) is 2. The van der Waals surface area contributed by atoms with Gasteiger partial charge in [-0.25, -0.2) is 0 Å². The van der Waals surface area contributed by atoms with Crippen molar-refractivity contribution in [1.29, 1.82) is 0 Å². The Balaban J connectivity index is 0.00000180. The highest BCUT2D eigenvalue weighted by Crippen LogP contribution is 2.15. The number of hydrogen-bond acceptors (Lipinski definition) is 4. The molecule has 1 unspecified atom stereocenters. The van der Waals surface area contributed by atoms with Gasteiger partial charge in [0.1, 0.15) is 0 Å². The third kappa shape index (κ3) is 4.81. The van der Waals surface area contributed by atoms with Crippen molar-refractivity contribution >= 4 is 24.1 Å². The fourth-order valence-electron chi connectivity index (χ4n) is 1.99. The molecule has 0 saturated carbocycles. The Morgan fingerprint density at radius 3 is 3.21 bits per heavy atom. The van der Waals surface area contributed by atoms with Crippen LogP contribution >= 0.6 is 12.4 Å². The minimum absolute atomic E-state index is 0. The maximum atomic E-state index is 11.6. The second kappa shape index (κ2) is 8.14. The van der Waals surface area contributed by atoms with E-state index in [2.05, 4.69) is 15.7 Å². The minimum Gasteiger partial charge on any atom is -0.381 e. The molecule has 1 aliphatic rings. The van der Waals surface area contributed by atoms with Gasteiger partial charge in [-0.1, -0.05) is 0 Å². The van der Waals surface area contributed by atoms with Crippen molar-refractivity contribution in [3.8, 4) is 0 Å². The van der Waals surface area contributed by atoms with Crippen LogP contribution in [0.15, 0.2) is 12.3 Å². The SMILES string of the molecule is CCOCCC(=O)Nc1ccn(C2CCNC2)n1.Cl. The van der Waals surface area contributed by atoms with Gasteiger partial charge < -0.3 is 15.4 Å². The lowest BCUT2D eigenvalue weighted by molar-refractivity contribution is -0.117. The van der Waals surface area contributed by atoms with Gasteiger partial charge in [0.15, 0.2) is 5.82 Å². The predicted molar refractivity (Wildman–Crippen MR) is 75.7 cm³/mol. The molecule has 2 rings (SSSR count). The van der Waals surface area contributed by atoms with Crippen molar-refractivity contribution in [2.24, 2.45) is 0 Å². The summed E-state index contributed by atoms with van der Waals surface area (Å²) in [4.78, 5) is 11.6. The van der Waals surface area contributed by atoms with Crippen molar-refractivity contribution in [3.05, 3.63) is 12.3 Å². The highest BCUT2D eigenvalue weighted by molar-refractivity contribution is 5.89. The molecule has 1 saturated heterocycles. The third-order valence-corrected chi connectivity index (χ3v) is 2.96. The Bertz CT molecular complexity index is 391. The van der Waals surface area contributed by atoms with Gasteiger partial charge >= 0.3 is 0 Å². The van der Waals surface area contributed by atoms with Gasteiger partial charge in [-0.05, 0) is 19.9 Å². The van der Waals surface area contributed by atoms with Crippen LogP contribution in [0.2, 0.25) is 0 Å². The maximum Gasteiger partial charge on any atom is 0.227 e. The van der Waals surface area contributed by atoms with Gasteiger partial charge in [-0.15, -0.1) is 12.4 Å². The van der Waals surface area contributed by atoms with E-state index in [0.717, 1.165) is 19.5 Å². The van der Waals surface area contributed by atoms with E-state index in [1.54, 1.807) is 0 Å². The molecule has 0 radical (unpaired) electrons. The van der Waals surface area contributed by atoms with E-state index in [1.165, 1.54) is 0 Å². The lowest BCUT2D eigenvalue weighted by atomic mass is 10.3. The van der Waals surface area contributed by atoms with E-state index in [9.17, 15) is 4.79 Å². The van der Waals surface area contributed by atoms with Crippen molar-refractivity contribution in [2.75, 3.05) is 31.6 Å². The van der Waals surface area contributed by atoms with Crippen LogP contribution in [0.4, 0.5) is 5.82 Å². The molecule has 1 aromatic heterocycles. The standard InChI is InChI=1S/C12H20N4O2.ClH/c1-2-18-8-5-12(17)14-11-4-7-16(15-11)10-3-6-13-9-10;/h4,7,10,13H,2-3,5-6,8-9H2,1H3,(H,14,15,17);1H. The molecule has 2 N–H and O–H groups in total. The van der Waals surface area contributed by atoms with Crippen LogP contribution in [-0.4, -0.2) is 42.0 Å². The summed E-state index contributed by atoms with van der Waals surface area (Å²) in [5, 5.41) is 10.4. The Morgan fingerprint density at radius 2 is 2.53 bits per heavy atom. The second-order valence-electron chi connectivity index (χ2n) is 4.32. The molecule has 19 heavy (non-hydrogen) atoms. The minimum atomic E-state index is -0.0572. The average Bonchev–Trinajstić information content (AvgIpc) is 2.98. The number of nitrogens with one attached hydrogen (secondary N) is 2. The number of amides is 1. The molecule has 6 nitrogen and oxygen atoms in total. The maximum absolute atomic E-state index is 11.6. The summed E-state index contributed by atoms with van der Waals surface area (Å²) >= 11 is 0. The lowest BCUT2D eigenvalue weighted by Gasteiger charge is -2.08. The lowest BCUT2D eigenvalue weighted by Crippen LogP contribution is -2.16. The second-order valence-corrected chi connectivity index (χ2v) is 4.32. The molecule has 0 spiro atoms. The number of anilines is 1. The van der Waals surface area contributed by atoms with Crippen LogP contribution in [0, 0.1) is 0 Å². The zero-order valence-corrected chi connectivity index (χ0v) is 11.9. The van der Waals surface area contributed by atoms with E-state index in [4.69, 9.17) is 4.74 Å². The zero-order valence-electron chi connectivity index (χ0n) is 11.1. The molecular formula is C12H21ClN4O2. The van der Waals surface area contributed by atoms with Gasteiger partial charge in [0.2, 0.25) is 5.91 Å². The number of carbonyl (C=O) groups is 1. The van der Waals surface area contributed by atoms with Crippen LogP contribution in [0.5, 0.6) is 0 Å². The number of rotatable bonds is 6. The smallest absolute Gasteiger partial charge is 0.227 e. The Morgan fingerprint density at radius 1 is 1.68 bits per heavy atom. The summed E-state index contributed by atoms with van der Waals surface area (Å²) in [5.41, 5.74) is 0. The largest absolute Gasteiger partial charge is 0.381 e. The van der Waals surface area contributed by atoms with Gasteiger partial charge in [-0.2, -0.15) is 5.10 Å². The van der Waals surface area contributed by atoms with Crippen molar-refractivity contribution in [1.82, 2.24) is 15.1 Å². The number of aromatic nitrogens is 2. The van der Waals surface area contributed by atoms with Gasteiger partial charge in [-0.3, -0.25) is 9.48 Å². The zero-order chi connectivity index (χ0) is 12.8. The monoisotopic (exact) mass is 288 g/mol. The molecular weight excluding hydrogens is 268 g/mol. The molecule has 108 valence electrons. The molecule has 1 atom stereocenters. The first-order valence-corrected chi connectivity index (χ1v) is 6.43. The van der Waals surface area contributed by atoms with Crippen LogP contribution in [-0.2, 0) is 9.53 Å². The molecule has 1 aliphatic heterocycles. The summed E-state index contributed by atoms with van der Waals surface area (Å²) in [6.45, 7) is 4.97. The number of halogens is 1. The Hall–Kier alpha value is -1.11. The first kappa shape index (κ1) is 15.9. The molecule has 1 aromatic rings. The molecule has 0 aliphatic carbocycles. The molecule has 2 heterocycles. The van der Waals surface area contributed by atoms with Gasteiger partial charge in [0.05, 0.1) is 19.1 Å². The van der Waals surface area contributed by atoms with Crippen molar-refractivity contribution in [3.63, 3.8) is 0 Å². The Kier molecular flexibility index (Phi) is 6.83. The van der Waals surface area contributed by atoms with Crippen LogP contribution in [0.1, 0.15) is 25.8 Å². The van der Waals surface area contributed by atoms with Crippen LogP contribution in [0.3, 0.4) is 0 Å². The topological polar surface area (TPSA) is 68.2 Å². The number of hydrogen-bond donors (Lipinski definition) is 2. The molecule has 0 bridgehead atoms. The quantitative estimate of drug-likeness (QED) is 0.772. The molecule has 7 heteroatoms. The highest BCUT2D eigenvalue weighted by Gasteiger charge is 2.17. The number of ether oxygens (including phenoxy) is 1. The summed E-state index contributed by atoms with van der Waals surface area (Å²) < 4.78 is 7.05. The summed E-state index contributed by atoms with van der Waals surface area (Å²) in [6, 6.07) is 2.23. The average molecular weight is 289 g/mol. The van der Waals surface area contributed by atoms with Gasteiger partial charge in [0.25, 0.3) is 0 Å². The van der Waals surface area contributed by atoms with Crippen LogP contribution < -0.4 is 10.6 Å². The third-order valence-electron chi connectivity index (χ3n) is 2.96. The van der Waals surface area contributed by atoms with E-state index in [1.807, 2.05) is 23.9 Å². The number of carbonyl (C=O) groups excluding carboxylic acids is 1. The van der Waals surface area contributed by atoms with Crippen molar-refractivity contribution < 1.29 is 9.53 Å².